The molecule has 4 aliphatic rings. The first kappa shape index (κ1) is 12.2. The molecule has 5 atom stereocenters. The second-order valence-electron chi connectivity index (χ2n) is 6.86. The first-order valence-corrected chi connectivity index (χ1v) is 7.10. The van der Waals surface area contributed by atoms with E-state index in [1.54, 1.807) is 0 Å². The zero-order valence-electron chi connectivity index (χ0n) is 11.4. The molecule has 0 aromatic heterocycles. The lowest BCUT2D eigenvalue weighted by atomic mass is 9.43. The van der Waals surface area contributed by atoms with Gasteiger partial charge < -0.3 is 4.74 Å². The van der Waals surface area contributed by atoms with Gasteiger partial charge >= 0.3 is 5.97 Å². The standard InChI is InChI=1S/C15H22O3/c1-15(2)10-7-8-5-4-6-9(11(8)13(15)16)12(10)14(17)18-3/h8-12H,4-7H2,1-3H3/t8-,9-,10-,11+,12+/m0/s1. The second-order valence-corrected chi connectivity index (χ2v) is 6.86. The van der Waals surface area contributed by atoms with Gasteiger partial charge in [-0.05, 0) is 37.0 Å². The molecule has 18 heavy (non-hydrogen) atoms. The Morgan fingerprint density at radius 1 is 1.33 bits per heavy atom. The van der Waals surface area contributed by atoms with Crippen LogP contribution in [0.1, 0.15) is 39.5 Å². The molecule has 4 bridgehead atoms. The number of fused-ring (bicyclic) bond motifs is 1. The number of methoxy groups -OCH3 is 1. The van der Waals surface area contributed by atoms with E-state index in [0.717, 1.165) is 12.8 Å². The van der Waals surface area contributed by atoms with Crippen LogP contribution >= 0.6 is 0 Å². The summed E-state index contributed by atoms with van der Waals surface area (Å²) in [6.45, 7) is 4.05. The Bertz CT molecular complexity index is 399. The number of ketones is 1. The maximum atomic E-state index is 12.6. The van der Waals surface area contributed by atoms with Crippen LogP contribution in [0.4, 0.5) is 0 Å². The largest absolute Gasteiger partial charge is 0.469 e. The van der Waals surface area contributed by atoms with Crippen LogP contribution in [0.5, 0.6) is 0 Å². The van der Waals surface area contributed by atoms with E-state index in [1.807, 2.05) is 13.8 Å². The van der Waals surface area contributed by atoms with Crippen molar-refractivity contribution in [2.24, 2.45) is 35.0 Å². The molecule has 0 N–H and O–H groups in total. The van der Waals surface area contributed by atoms with Crippen molar-refractivity contribution in [1.29, 1.82) is 0 Å². The van der Waals surface area contributed by atoms with E-state index in [0.29, 0.717) is 11.7 Å². The number of rotatable bonds is 1. The van der Waals surface area contributed by atoms with Crippen molar-refractivity contribution in [1.82, 2.24) is 0 Å². The average Bonchev–Trinajstić information content (AvgIpc) is 2.34. The van der Waals surface area contributed by atoms with Crippen molar-refractivity contribution >= 4 is 11.8 Å². The predicted molar refractivity (Wildman–Crippen MR) is 66.7 cm³/mol. The van der Waals surface area contributed by atoms with Gasteiger partial charge in [-0.25, -0.2) is 0 Å². The Balaban J connectivity index is 2.03. The predicted octanol–water partition coefficient (Wildman–Crippen LogP) is 2.44. The fourth-order valence-electron chi connectivity index (χ4n) is 5.00. The Kier molecular flexibility index (Phi) is 2.58. The van der Waals surface area contributed by atoms with Crippen molar-refractivity contribution in [2.45, 2.75) is 39.5 Å². The fraction of sp³-hybridized carbons (Fsp3) is 0.867. The minimum absolute atomic E-state index is 0.0377. The minimum atomic E-state index is -0.339. The number of hydrogen-bond donors (Lipinski definition) is 0. The monoisotopic (exact) mass is 250 g/mol. The molecule has 4 aliphatic carbocycles. The Morgan fingerprint density at radius 2 is 2.06 bits per heavy atom. The van der Waals surface area contributed by atoms with E-state index in [9.17, 15) is 9.59 Å². The molecule has 0 aliphatic heterocycles. The fourth-order valence-corrected chi connectivity index (χ4v) is 5.00. The third-order valence-electron chi connectivity index (χ3n) is 5.87. The molecule has 0 aromatic carbocycles. The molecule has 0 radical (unpaired) electrons. The van der Waals surface area contributed by atoms with Crippen LogP contribution in [0.25, 0.3) is 0 Å². The molecule has 4 fully saturated rings. The van der Waals surface area contributed by atoms with Crippen LogP contribution in [0.2, 0.25) is 0 Å². The molecular formula is C15H22O3. The summed E-state index contributed by atoms with van der Waals surface area (Å²) in [7, 11) is 1.47. The van der Waals surface area contributed by atoms with Gasteiger partial charge in [0, 0.05) is 11.3 Å². The maximum absolute atomic E-state index is 12.6. The summed E-state index contributed by atoms with van der Waals surface area (Å²) < 4.78 is 5.01. The summed E-state index contributed by atoms with van der Waals surface area (Å²) in [4.78, 5) is 24.7. The number of Topliss-reactive ketones (excluding diaryl/α,β-unsaturated/α-hetero) is 1. The van der Waals surface area contributed by atoms with Gasteiger partial charge in [0.25, 0.3) is 0 Å². The topological polar surface area (TPSA) is 43.4 Å². The Hall–Kier alpha value is -0.860. The van der Waals surface area contributed by atoms with E-state index in [1.165, 1.54) is 20.0 Å². The van der Waals surface area contributed by atoms with Crippen molar-refractivity contribution in [2.75, 3.05) is 7.11 Å². The summed E-state index contributed by atoms with van der Waals surface area (Å²) in [6.07, 6.45) is 4.41. The second kappa shape index (κ2) is 3.82. The van der Waals surface area contributed by atoms with E-state index in [4.69, 9.17) is 4.74 Å². The highest BCUT2D eigenvalue weighted by Gasteiger charge is 2.63. The molecule has 0 saturated heterocycles. The summed E-state index contributed by atoms with van der Waals surface area (Å²) in [6, 6.07) is 0. The molecule has 4 rings (SSSR count). The van der Waals surface area contributed by atoms with Crippen molar-refractivity contribution in [3.05, 3.63) is 0 Å². The molecular weight excluding hydrogens is 228 g/mol. The third kappa shape index (κ3) is 1.36. The zero-order chi connectivity index (χ0) is 13.1. The molecule has 4 saturated carbocycles. The molecule has 0 spiro atoms. The van der Waals surface area contributed by atoms with E-state index < -0.39 is 0 Å². The highest BCUT2D eigenvalue weighted by molar-refractivity contribution is 5.91. The van der Waals surface area contributed by atoms with Crippen LogP contribution in [0.3, 0.4) is 0 Å². The maximum Gasteiger partial charge on any atom is 0.309 e. The Labute approximate surface area is 108 Å². The average molecular weight is 250 g/mol. The van der Waals surface area contributed by atoms with Crippen LogP contribution in [-0.4, -0.2) is 18.9 Å². The number of carbonyl (C=O) groups is 2. The summed E-state index contributed by atoms with van der Waals surface area (Å²) in [5.41, 5.74) is -0.339. The first-order valence-electron chi connectivity index (χ1n) is 7.10. The van der Waals surface area contributed by atoms with Crippen molar-refractivity contribution in [3.8, 4) is 0 Å². The molecule has 0 aromatic rings. The third-order valence-corrected chi connectivity index (χ3v) is 5.87. The summed E-state index contributed by atoms with van der Waals surface area (Å²) in [5, 5.41) is 0. The lowest BCUT2D eigenvalue weighted by Gasteiger charge is -2.59. The van der Waals surface area contributed by atoms with Gasteiger partial charge in [0.05, 0.1) is 13.0 Å². The van der Waals surface area contributed by atoms with Gasteiger partial charge in [-0.3, -0.25) is 9.59 Å². The van der Waals surface area contributed by atoms with E-state index >= 15 is 0 Å². The lowest BCUT2D eigenvalue weighted by Crippen LogP contribution is -2.62. The molecule has 0 amide bonds. The number of esters is 1. The lowest BCUT2D eigenvalue weighted by molar-refractivity contribution is -0.182. The van der Waals surface area contributed by atoms with Crippen LogP contribution in [0, 0.1) is 35.0 Å². The minimum Gasteiger partial charge on any atom is -0.469 e. The van der Waals surface area contributed by atoms with Crippen LogP contribution in [-0.2, 0) is 14.3 Å². The zero-order valence-corrected chi connectivity index (χ0v) is 11.4. The van der Waals surface area contributed by atoms with Gasteiger partial charge in [-0.15, -0.1) is 0 Å². The summed E-state index contributed by atoms with van der Waals surface area (Å²) >= 11 is 0. The van der Waals surface area contributed by atoms with Crippen molar-refractivity contribution < 1.29 is 14.3 Å². The molecule has 3 nitrogen and oxygen atoms in total. The highest BCUT2D eigenvalue weighted by atomic mass is 16.5. The number of hydrogen-bond acceptors (Lipinski definition) is 3. The summed E-state index contributed by atoms with van der Waals surface area (Å²) in [5.74, 6) is 1.40. The van der Waals surface area contributed by atoms with Gasteiger partial charge in [-0.2, -0.15) is 0 Å². The van der Waals surface area contributed by atoms with E-state index in [-0.39, 0.29) is 35.1 Å². The van der Waals surface area contributed by atoms with E-state index in [2.05, 4.69) is 0 Å². The molecule has 100 valence electrons. The van der Waals surface area contributed by atoms with Crippen molar-refractivity contribution in [3.63, 3.8) is 0 Å². The first-order chi connectivity index (χ1) is 8.48. The Morgan fingerprint density at radius 3 is 2.72 bits per heavy atom. The highest BCUT2D eigenvalue weighted by Crippen LogP contribution is 2.61. The number of carbonyl (C=O) groups excluding carboxylic acids is 2. The molecule has 0 heterocycles. The normalized spacial score (nSPS) is 44.8. The van der Waals surface area contributed by atoms with Crippen LogP contribution in [0.15, 0.2) is 0 Å². The molecule has 3 heteroatoms. The van der Waals surface area contributed by atoms with Crippen LogP contribution < -0.4 is 0 Å². The van der Waals surface area contributed by atoms with Gasteiger partial charge in [0.2, 0.25) is 0 Å². The smallest absolute Gasteiger partial charge is 0.309 e. The molecule has 0 unspecified atom stereocenters. The van der Waals surface area contributed by atoms with Gasteiger partial charge in [-0.1, -0.05) is 20.3 Å². The quantitative estimate of drug-likeness (QED) is 0.671. The number of ether oxygens (including phenoxy) is 1. The van der Waals surface area contributed by atoms with Gasteiger partial charge in [0.1, 0.15) is 5.78 Å². The van der Waals surface area contributed by atoms with Gasteiger partial charge in [0.15, 0.2) is 0 Å². The SMILES string of the molecule is COC(=O)[C@@H]1[C@H]2CCC[C@H]3C[C@@H]1C(C)(C)C(=O)[C@H]32.